The van der Waals surface area contributed by atoms with Gasteiger partial charge in [0.25, 0.3) is 0 Å². The second-order valence-corrected chi connectivity index (χ2v) is 24.9. The van der Waals surface area contributed by atoms with Gasteiger partial charge in [-0.15, -0.1) is 0 Å². The molecule has 0 aromatic heterocycles. The molecule has 0 heterocycles. The number of carbonyl (C=O) groups excluding carboxylic acids is 3. The molecule has 0 radical (unpaired) electrons. The number of hydrogen-bond acceptors (Lipinski definition) is 6. The summed E-state index contributed by atoms with van der Waals surface area (Å²) in [5.74, 6) is -1.02. The van der Waals surface area contributed by atoms with Gasteiger partial charge < -0.3 is 14.2 Å². The van der Waals surface area contributed by atoms with Crippen LogP contribution >= 0.6 is 0 Å². The van der Waals surface area contributed by atoms with Crippen molar-refractivity contribution < 1.29 is 28.6 Å². The van der Waals surface area contributed by atoms with Crippen LogP contribution in [-0.2, 0) is 28.6 Å². The first-order chi connectivity index (χ1) is 41.0. The van der Waals surface area contributed by atoms with Gasteiger partial charge in [-0.25, -0.2) is 0 Å². The Morgan fingerprint density at radius 3 is 0.687 bits per heavy atom. The van der Waals surface area contributed by atoms with Crippen molar-refractivity contribution in [2.45, 2.75) is 399 Å². The van der Waals surface area contributed by atoms with Gasteiger partial charge in [-0.2, -0.15) is 0 Å². The predicted molar refractivity (Wildman–Crippen MR) is 362 cm³/mol. The van der Waals surface area contributed by atoms with E-state index < -0.39 is 12.1 Å². The Bertz CT molecular complexity index is 1470. The number of hydrogen-bond donors (Lipinski definition) is 0. The number of ether oxygens (including phenoxy) is 3. The van der Waals surface area contributed by atoms with Crippen molar-refractivity contribution in [1.29, 1.82) is 0 Å². The van der Waals surface area contributed by atoms with E-state index in [1.807, 2.05) is 6.08 Å². The molecule has 0 aromatic carbocycles. The highest BCUT2D eigenvalue weighted by Crippen LogP contribution is 2.19. The van der Waals surface area contributed by atoms with Crippen LogP contribution < -0.4 is 0 Å². The SMILES string of the molecule is CC/C=C\C/C=C\C/C=C\C/C=C\C/C=C\CC(=O)OC(COC(=O)CCCCCCCCCCCCCCCCC)COC(=O)CCCCCCCCCCCCCCCCCCCCCCCCCCCCCCCCCCCCC. The molecule has 83 heavy (non-hydrogen) atoms. The van der Waals surface area contributed by atoms with Crippen LogP contribution in [0.15, 0.2) is 60.8 Å². The summed E-state index contributed by atoms with van der Waals surface area (Å²) < 4.78 is 16.9. The lowest BCUT2D eigenvalue weighted by atomic mass is 10.0. The molecule has 0 aliphatic carbocycles. The lowest BCUT2D eigenvalue weighted by molar-refractivity contribution is -0.166. The second kappa shape index (κ2) is 71.6. The summed E-state index contributed by atoms with van der Waals surface area (Å²) in [5.41, 5.74) is 0. The fraction of sp³-hybridized carbons (Fsp3) is 0.831. The van der Waals surface area contributed by atoms with Gasteiger partial charge in [0.05, 0.1) is 6.42 Å². The second-order valence-electron chi connectivity index (χ2n) is 24.9. The molecule has 0 saturated carbocycles. The van der Waals surface area contributed by atoms with E-state index in [9.17, 15) is 14.4 Å². The van der Waals surface area contributed by atoms with E-state index >= 15 is 0 Å². The molecule has 0 aliphatic rings. The maximum Gasteiger partial charge on any atom is 0.310 e. The van der Waals surface area contributed by atoms with Crippen molar-refractivity contribution in [2.75, 3.05) is 13.2 Å². The number of carbonyl (C=O) groups is 3. The highest BCUT2D eigenvalue weighted by Gasteiger charge is 2.19. The number of esters is 3. The van der Waals surface area contributed by atoms with Gasteiger partial charge in [-0.05, 0) is 44.9 Å². The van der Waals surface area contributed by atoms with Gasteiger partial charge in [-0.3, -0.25) is 14.4 Å². The van der Waals surface area contributed by atoms with Crippen LogP contribution in [0.1, 0.15) is 393 Å². The molecule has 0 fully saturated rings. The van der Waals surface area contributed by atoms with Crippen molar-refractivity contribution in [3.05, 3.63) is 60.8 Å². The number of rotatable bonds is 68. The van der Waals surface area contributed by atoms with Gasteiger partial charge in [0, 0.05) is 12.8 Å². The molecule has 1 unspecified atom stereocenters. The summed E-state index contributed by atoms with van der Waals surface area (Å²) in [6, 6.07) is 0. The summed E-state index contributed by atoms with van der Waals surface area (Å²) in [4.78, 5) is 38.3. The lowest BCUT2D eigenvalue weighted by Gasteiger charge is -2.18. The molecule has 6 nitrogen and oxygen atoms in total. The highest BCUT2D eigenvalue weighted by atomic mass is 16.6. The molecular weight excluding hydrogens is 1020 g/mol. The van der Waals surface area contributed by atoms with E-state index in [4.69, 9.17) is 14.2 Å². The monoisotopic (exact) mass is 1160 g/mol. The Kier molecular flexibility index (Phi) is 69.1. The van der Waals surface area contributed by atoms with Crippen LogP contribution in [0.5, 0.6) is 0 Å². The number of unbranched alkanes of at least 4 members (excludes halogenated alkanes) is 48. The summed E-state index contributed by atoms with van der Waals surface area (Å²) >= 11 is 0. The molecule has 0 saturated heterocycles. The first-order valence-electron chi connectivity index (χ1n) is 36.8. The third-order valence-electron chi connectivity index (χ3n) is 16.6. The summed E-state index contributed by atoms with van der Waals surface area (Å²) in [6.07, 6.45) is 93.2. The zero-order chi connectivity index (χ0) is 59.9. The maximum absolute atomic E-state index is 12.8. The lowest BCUT2D eigenvalue weighted by Crippen LogP contribution is -2.30. The van der Waals surface area contributed by atoms with Crippen molar-refractivity contribution in [3.8, 4) is 0 Å². The molecule has 1 atom stereocenters. The Hall–Kier alpha value is -2.89. The van der Waals surface area contributed by atoms with Gasteiger partial charge >= 0.3 is 17.9 Å². The summed E-state index contributed by atoms with van der Waals surface area (Å²) in [5, 5.41) is 0. The minimum Gasteiger partial charge on any atom is -0.462 e. The standard InChI is InChI=1S/C77H140O6/c1-4-7-10-13-16-19-22-25-28-29-30-31-32-33-34-35-36-37-38-39-40-41-42-43-44-45-46-47-50-52-55-58-61-64-67-70-76(79)82-73-74(83-77(80)71-68-65-62-59-56-53-49-27-24-21-18-15-12-9-6-3)72-81-75(78)69-66-63-60-57-54-51-48-26-23-20-17-14-11-8-5-2/h9,12,18,21,27,49,56,59,65,68,74H,4-8,10-11,13-17,19-20,22-26,28-48,50-55,57-58,60-64,66-67,69-73H2,1-3H3/b12-9-,21-18-,49-27-,59-56-,68-65-. The maximum atomic E-state index is 12.8. The Labute approximate surface area is 517 Å². The Balaban J connectivity index is 4.11. The van der Waals surface area contributed by atoms with Crippen LogP contribution in [0.3, 0.4) is 0 Å². The number of allylic oxidation sites excluding steroid dienone is 9. The fourth-order valence-electron chi connectivity index (χ4n) is 11.1. The fourth-order valence-corrected chi connectivity index (χ4v) is 11.1. The van der Waals surface area contributed by atoms with Crippen LogP contribution in [0.4, 0.5) is 0 Å². The van der Waals surface area contributed by atoms with Gasteiger partial charge in [0.1, 0.15) is 13.2 Å². The average molecular weight is 1160 g/mol. The van der Waals surface area contributed by atoms with Crippen LogP contribution in [0.2, 0.25) is 0 Å². The Morgan fingerprint density at radius 2 is 0.458 bits per heavy atom. The van der Waals surface area contributed by atoms with Crippen molar-refractivity contribution >= 4 is 17.9 Å². The molecule has 0 rings (SSSR count). The largest absolute Gasteiger partial charge is 0.462 e. The molecule has 6 heteroatoms. The average Bonchev–Trinajstić information content (AvgIpc) is 3.50. The first kappa shape index (κ1) is 80.1. The van der Waals surface area contributed by atoms with E-state index in [1.54, 1.807) is 6.08 Å². The zero-order valence-corrected chi connectivity index (χ0v) is 55.7. The van der Waals surface area contributed by atoms with E-state index in [1.165, 1.54) is 283 Å². The summed E-state index contributed by atoms with van der Waals surface area (Å²) in [6.45, 7) is 6.51. The quantitative estimate of drug-likeness (QED) is 0.0261. The van der Waals surface area contributed by atoms with Crippen LogP contribution in [0.25, 0.3) is 0 Å². The van der Waals surface area contributed by atoms with Crippen molar-refractivity contribution in [2.24, 2.45) is 0 Å². The van der Waals surface area contributed by atoms with Crippen molar-refractivity contribution in [1.82, 2.24) is 0 Å². The Morgan fingerprint density at radius 1 is 0.253 bits per heavy atom. The molecule has 0 spiro atoms. The molecule has 0 N–H and O–H groups in total. The van der Waals surface area contributed by atoms with Crippen LogP contribution in [0, 0.1) is 0 Å². The molecule has 0 aromatic rings. The van der Waals surface area contributed by atoms with Gasteiger partial charge in [-0.1, -0.05) is 390 Å². The predicted octanol–water partition coefficient (Wildman–Crippen LogP) is 25.5. The molecule has 484 valence electrons. The van der Waals surface area contributed by atoms with Gasteiger partial charge in [0.15, 0.2) is 6.10 Å². The molecule has 0 bridgehead atoms. The molecule has 0 aliphatic heterocycles. The normalized spacial score (nSPS) is 12.4. The molecule has 0 amide bonds. The third-order valence-corrected chi connectivity index (χ3v) is 16.6. The van der Waals surface area contributed by atoms with E-state index in [0.29, 0.717) is 12.8 Å². The van der Waals surface area contributed by atoms with Gasteiger partial charge in [0.2, 0.25) is 0 Å². The minimum atomic E-state index is -0.827. The van der Waals surface area contributed by atoms with E-state index in [-0.39, 0.29) is 31.6 Å². The third kappa shape index (κ3) is 69.8. The summed E-state index contributed by atoms with van der Waals surface area (Å²) in [7, 11) is 0. The first-order valence-corrected chi connectivity index (χ1v) is 36.8. The van der Waals surface area contributed by atoms with E-state index in [0.717, 1.165) is 70.6 Å². The van der Waals surface area contributed by atoms with Crippen molar-refractivity contribution in [3.63, 3.8) is 0 Å². The minimum absolute atomic E-state index is 0.102. The van der Waals surface area contributed by atoms with E-state index in [2.05, 4.69) is 69.4 Å². The van der Waals surface area contributed by atoms with Crippen LogP contribution in [-0.4, -0.2) is 37.2 Å². The molecular formula is C77H140O6. The topological polar surface area (TPSA) is 78.9 Å². The smallest absolute Gasteiger partial charge is 0.310 e. The zero-order valence-electron chi connectivity index (χ0n) is 55.7. The highest BCUT2D eigenvalue weighted by molar-refractivity contribution is 5.72.